The molecule has 0 rings (SSSR count). The molecule has 0 fully saturated rings. The quantitative estimate of drug-likeness (QED) is 0.355. The number of carbonyl (C=O) groups is 1. The van der Waals surface area contributed by atoms with Crippen LogP contribution in [0.1, 0.15) is 6.92 Å². The van der Waals surface area contributed by atoms with Crippen molar-refractivity contribution in [2.75, 3.05) is 6.61 Å². The van der Waals surface area contributed by atoms with E-state index in [1.54, 1.807) is 6.92 Å². The van der Waals surface area contributed by atoms with Gasteiger partial charge < -0.3 is 9.84 Å². The van der Waals surface area contributed by atoms with Gasteiger partial charge in [0.15, 0.2) is 0 Å². The Morgan fingerprint density at radius 1 is 1.70 bits per heavy atom. The summed E-state index contributed by atoms with van der Waals surface area (Å²) in [6, 6.07) is 0. The van der Waals surface area contributed by atoms with Crippen LogP contribution < -0.4 is 0 Å². The van der Waals surface area contributed by atoms with Crippen LogP contribution >= 0.6 is 0 Å². The molecule has 0 aromatic rings. The van der Waals surface area contributed by atoms with Crippen LogP contribution in [0.4, 0.5) is 0 Å². The zero-order chi connectivity index (χ0) is 8.41. The van der Waals surface area contributed by atoms with Crippen molar-refractivity contribution in [1.29, 1.82) is 0 Å². The first-order valence-corrected chi connectivity index (χ1v) is 2.77. The van der Waals surface area contributed by atoms with E-state index in [9.17, 15) is 4.79 Å². The van der Waals surface area contributed by atoms with Crippen molar-refractivity contribution in [3.05, 3.63) is 25.5 Å². The van der Waals surface area contributed by atoms with E-state index in [0.29, 0.717) is 0 Å². The van der Waals surface area contributed by atoms with Crippen LogP contribution in [0.5, 0.6) is 0 Å². The Balaban J connectivity index is 0. The van der Waals surface area contributed by atoms with Crippen LogP contribution in [0.25, 0.3) is 0 Å². The van der Waals surface area contributed by atoms with Gasteiger partial charge in [0.05, 0.1) is 6.26 Å². The molecule has 0 radical (unpaired) electrons. The van der Waals surface area contributed by atoms with Crippen molar-refractivity contribution in [2.45, 2.75) is 6.92 Å². The van der Waals surface area contributed by atoms with E-state index in [1.165, 1.54) is 0 Å². The van der Waals surface area contributed by atoms with Crippen molar-refractivity contribution in [1.82, 2.24) is 0 Å². The number of carbonyl (C=O) groups excluding carboxylic acids is 1. The number of aliphatic hydroxyl groups is 1. The fourth-order valence-corrected chi connectivity index (χ4v) is 0.130. The average Bonchev–Trinajstić information content (AvgIpc) is 1.90. The van der Waals surface area contributed by atoms with Gasteiger partial charge in [-0.1, -0.05) is 13.2 Å². The molecular formula is C7H12O3. The summed E-state index contributed by atoms with van der Waals surface area (Å²) in [5.41, 5.74) is 0. The highest BCUT2D eigenvalue weighted by molar-refractivity contribution is 5.81. The minimum absolute atomic E-state index is 0.250. The zero-order valence-electron chi connectivity index (χ0n) is 6.04. The summed E-state index contributed by atoms with van der Waals surface area (Å²) in [5.74, 6) is -0.477. The molecule has 10 heavy (non-hydrogen) atoms. The number of esters is 1. The molecule has 0 heterocycles. The van der Waals surface area contributed by atoms with Crippen LogP contribution in [-0.2, 0) is 9.53 Å². The van der Waals surface area contributed by atoms with Crippen LogP contribution in [0.15, 0.2) is 25.5 Å². The number of ether oxygens (including phenoxy) is 1. The second kappa shape index (κ2) is 10.8. The Labute approximate surface area is 60.6 Å². The van der Waals surface area contributed by atoms with E-state index < -0.39 is 5.97 Å². The monoisotopic (exact) mass is 144 g/mol. The first kappa shape index (κ1) is 11.7. The predicted molar refractivity (Wildman–Crippen MR) is 39.2 cm³/mol. The van der Waals surface area contributed by atoms with E-state index in [0.717, 1.165) is 12.3 Å². The van der Waals surface area contributed by atoms with Crippen molar-refractivity contribution in [3.63, 3.8) is 0 Å². The Morgan fingerprint density at radius 2 is 2.10 bits per heavy atom. The largest absolute Gasteiger partial charge is 0.432 e. The minimum Gasteiger partial charge on any atom is -0.432 e. The maximum atomic E-state index is 10.0. The fourth-order valence-electron chi connectivity index (χ4n) is 0.130. The maximum absolute atomic E-state index is 10.0. The van der Waals surface area contributed by atoms with Crippen molar-refractivity contribution in [2.24, 2.45) is 0 Å². The molecule has 0 aromatic heterocycles. The molecule has 3 heteroatoms. The predicted octanol–water partition coefficient (Wildman–Crippen LogP) is 0.858. The summed E-state index contributed by atoms with van der Waals surface area (Å²) in [6.45, 7) is 8.25. The Bertz CT molecular complexity index is 107. The molecule has 0 bridgehead atoms. The summed E-state index contributed by atoms with van der Waals surface area (Å²) in [4.78, 5) is 10.0. The second-order valence-electron chi connectivity index (χ2n) is 1.12. The molecule has 0 saturated heterocycles. The third-order valence-electron chi connectivity index (χ3n) is 0.366. The molecule has 0 amide bonds. The van der Waals surface area contributed by atoms with Gasteiger partial charge in [0.2, 0.25) is 0 Å². The summed E-state index contributed by atoms with van der Waals surface area (Å²) >= 11 is 0. The normalized spacial score (nSPS) is 6.60. The molecule has 0 atom stereocenters. The van der Waals surface area contributed by atoms with Crippen LogP contribution in [0, 0.1) is 0 Å². The van der Waals surface area contributed by atoms with Gasteiger partial charge in [0, 0.05) is 12.7 Å². The van der Waals surface area contributed by atoms with Gasteiger partial charge in [-0.3, -0.25) is 0 Å². The maximum Gasteiger partial charge on any atom is 0.334 e. The van der Waals surface area contributed by atoms with E-state index in [-0.39, 0.29) is 6.61 Å². The summed E-state index contributed by atoms with van der Waals surface area (Å²) in [7, 11) is 0. The molecule has 0 unspecified atom stereocenters. The molecule has 58 valence electrons. The molecule has 3 nitrogen and oxygen atoms in total. The van der Waals surface area contributed by atoms with Gasteiger partial charge in [-0.25, -0.2) is 4.79 Å². The standard InChI is InChI=1S/C5H6O2.C2H6O/c1-3-5(6)7-4-2;1-2-3/h3-4H,1-2H2;3H,2H2,1H3. The summed E-state index contributed by atoms with van der Waals surface area (Å²) < 4.78 is 4.20. The lowest BCUT2D eigenvalue weighted by molar-refractivity contribution is -0.132. The zero-order valence-corrected chi connectivity index (χ0v) is 6.04. The molecule has 0 spiro atoms. The Hall–Kier alpha value is -1.09. The van der Waals surface area contributed by atoms with Crippen molar-refractivity contribution < 1.29 is 14.6 Å². The molecule has 0 aliphatic carbocycles. The minimum atomic E-state index is -0.477. The van der Waals surface area contributed by atoms with Crippen LogP contribution in [0.2, 0.25) is 0 Å². The third kappa shape index (κ3) is 15.8. The van der Waals surface area contributed by atoms with Crippen LogP contribution in [0.3, 0.4) is 0 Å². The second-order valence-corrected chi connectivity index (χ2v) is 1.12. The molecule has 0 saturated carbocycles. The van der Waals surface area contributed by atoms with Crippen LogP contribution in [-0.4, -0.2) is 17.7 Å². The van der Waals surface area contributed by atoms with Gasteiger partial charge >= 0.3 is 5.97 Å². The van der Waals surface area contributed by atoms with Gasteiger partial charge in [0.25, 0.3) is 0 Å². The first-order valence-electron chi connectivity index (χ1n) is 2.77. The SMILES string of the molecule is C=COC(=O)C=C.CCO. The molecule has 0 aromatic carbocycles. The van der Waals surface area contributed by atoms with E-state index in [1.807, 2.05) is 0 Å². The molecule has 1 N–H and O–H groups in total. The number of aliphatic hydroxyl groups excluding tert-OH is 1. The van der Waals surface area contributed by atoms with E-state index in [4.69, 9.17) is 5.11 Å². The van der Waals surface area contributed by atoms with E-state index >= 15 is 0 Å². The molecule has 0 aliphatic heterocycles. The topological polar surface area (TPSA) is 46.5 Å². The Kier molecular flexibility index (Phi) is 12.6. The van der Waals surface area contributed by atoms with E-state index in [2.05, 4.69) is 17.9 Å². The molecule has 0 aliphatic rings. The van der Waals surface area contributed by atoms with Gasteiger partial charge in [-0.15, -0.1) is 0 Å². The number of rotatable bonds is 2. The lowest BCUT2D eigenvalue weighted by atomic mass is 10.7. The molecular weight excluding hydrogens is 132 g/mol. The lowest BCUT2D eigenvalue weighted by Crippen LogP contribution is -1.90. The summed E-state index contributed by atoms with van der Waals surface area (Å²) in [6.07, 6.45) is 2.13. The third-order valence-corrected chi connectivity index (χ3v) is 0.366. The highest BCUT2D eigenvalue weighted by atomic mass is 16.5. The number of hydrogen-bond donors (Lipinski definition) is 1. The van der Waals surface area contributed by atoms with Gasteiger partial charge in [-0.05, 0) is 6.92 Å². The first-order chi connectivity index (χ1) is 4.72. The van der Waals surface area contributed by atoms with Crippen molar-refractivity contribution >= 4 is 5.97 Å². The average molecular weight is 144 g/mol. The van der Waals surface area contributed by atoms with Gasteiger partial charge in [0.1, 0.15) is 0 Å². The fraction of sp³-hybridized carbons (Fsp3) is 0.286. The Morgan fingerprint density at radius 3 is 2.20 bits per heavy atom. The highest BCUT2D eigenvalue weighted by Crippen LogP contribution is 1.75. The number of hydrogen-bond acceptors (Lipinski definition) is 3. The van der Waals surface area contributed by atoms with Gasteiger partial charge in [-0.2, -0.15) is 0 Å². The smallest absolute Gasteiger partial charge is 0.334 e. The highest BCUT2D eigenvalue weighted by Gasteiger charge is 1.84. The lowest BCUT2D eigenvalue weighted by Gasteiger charge is -1.85. The van der Waals surface area contributed by atoms with Crippen molar-refractivity contribution in [3.8, 4) is 0 Å². The summed E-state index contributed by atoms with van der Waals surface area (Å²) in [5, 5.41) is 7.57.